The first kappa shape index (κ1) is 12.7. The molecule has 0 spiro atoms. The molecule has 0 radical (unpaired) electrons. The average Bonchev–Trinajstić information content (AvgIpc) is 2.19. The zero-order valence-electron chi connectivity index (χ0n) is 8.15. The summed E-state index contributed by atoms with van der Waals surface area (Å²) in [4.78, 5) is 32.8. The Morgan fingerprint density at radius 2 is 2.18 bits per heavy atom. The number of hydrogen-bond acceptors (Lipinski definition) is 4. The van der Waals surface area contributed by atoms with Crippen molar-refractivity contribution in [3.63, 3.8) is 0 Å². The summed E-state index contributed by atoms with van der Waals surface area (Å²) in [6, 6.07) is 0. The van der Waals surface area contributed by atoms with Crippen molar-refractivity contribution < 1.29 is 23.6 Å². The first-order valence-electron chi connectivity index (χ1n) is 4.23. The summed E-state index contributed by atoms with van der Waals surface area (Å²) < 4.78 is 25.3. The minimum atomic E-state index is -3.30. The molecule has 0 saturated heterocycles. The highest BCUT2D eigenvalue weighted by molar-refractivity contribution is 5.71. The van der Waals surface area contributed by atoms with E-state index < -0.39 is 46.1 Å². The molecule has 0 aliphatic rings. The summed E-state index contributed by atoms with van der Waals surface area (Å²) in [5.74, 6) is -1.53. The Hall–Kier alpha value is -2.32. The Balaban J connectivity index is 3.54. The van der Waals surface area contributed by atoms with Gasteiger partial charge in [-0.1, -0.05) is 0 Å². The van der Waals surface area contributed by atoms with Crippen LogP contribution in [0, 0.1) is 10.1 Å². The van der Waals surface area contributed by atoms with Crippen LogP contribution < -0.4 is 5.56 Å². The van der Waals surface area contributed by atoms with E-state index in [4.69, 9.17) is 5.11 Å². The van der Waals surface area contributed by atoms with Gasteiger partial charge in [-0.05, 0) is 0 Å². The summed E-state index contributed by atoms with van der Waals surface area (Å²) in [7, 11) is 0. The predicted octanol–water partition coefficient (Wildman–Crippen LogP) is 0.848. The first-order valence-corrected chi connectivity index (χ1v) is 4.23. The predicted molar refractivity (Wildman–Crippen MR) is 50.0 cm³/mol. The quantitative estimate of drug-likeness (QED) is 0.605. The second-order valence-corrected chi connectivity index (χ2v) is 3.02. The number of aliphatic carboxylic acids is 1. The number of nitro groups is 1. The zero-order chi connectivity index (χ0) is 13.2. The fraction of sp³-hybridized carbons (Fsp3) is 0.250. The third-order valence-corrected chi connectivity index (χ3v) is 1.96. The lowest BCUT2D eigenvalue weighted by Gasteiger charge is -2.06. The smallest absolute Gasteiger partial charge is 0.308 e. The van der Waals surface area contributed by atoms with Crippen LogP contribution in [0.5, 0.6) is 0 Å². The van der Waals surface area contributed by atoms with E-state index in [1.54, 1.807) is 0 Å². The SMILES string of the molecule is O=C(O)Cc1c(C(F)F)c([N+](=O)[O-])c[nH]c1=O. The van der Waals surface area contributed by atoms with Gasteiger partial charge in [0, 0.05) is 5.56 Å². The number of halogens is 2. The lowest BCUT2D eigenvalue weighted by atomic mass is 10.1. The van der Waals surface area contributed by atoms with Crippen molar-refractivity contribution in [3.8, 4) is 0 Å². The van der Waals surface area contributed by atoms with Crippen LogP contribution >= 0.6 is 0 Å². The number of hydrogen-bond donors (Lipinski definition) is 2. The monoisotopic (exact) mass is 248 g/mol. The van der Waals surface area contributed by atoms with Crippen LogP contribution in [0.15, 0.2) is 11.0 Å². The lowest BCUT2D eigenvalue weighted by Crippen LogP contribution is -2.20. The van der Waals surface area contributed by atoms with Crippen LogP contribution in [0.4, 0.5) is 14.5 Å². The third-order valence-electron chi connectivity index (χ3n) is 1.96. The van der Waals surface area contributed by atoms with E-state index in [-0.39, 0.29) is 0 Å². The summed E-state index contributed by atoms with van der Waals surface area (Å²) in [6.07, 6.45) is -3.78. The van der Waals surface area contributed by atoms with Crippen molar-refractivity contribution in [1.29, 1.82) is 0 Å². The van der Waals surface area contributed by atoms with Gasteiger partial charge < -0.3 is 10.1 Å². The molecule has 92 valence electrons. The van der Waals surface area contributed by atoms with Gasteiger partial charge in [-0.2, -0.15) is 0 Å². The second kappa shape index (κ2) is 4.68. The first-order chi connectivity index (χ1) is 7.84. The number of carbonyl (C=O) groups is 1. The fourth-order valence-electron chi connectivity index (χ4n) is 1.30. The lowest BCUT2D eigenvalue weighted by molar-refractivity contribution is -0.386. The second-order valence-electron chi connectivity index (χ2n) is 3.02. The van der Waals surface area contributed by atoms with E-state index in [2.05, 4.69) is 0 Å². The van der Waals surface area contributed by atoms with Crippen LogP contribution in [0.2, 0.25) is 0 Å². The van der Waals surface area contributed by atoms with E-state index in [1.165, 1.54) is 0 Å². The van der Waals surface area contributed by atoms with Crippen LogP contribution in [0.1, 0.15) is 17.6 Å². The third kappa shape index (κ3) is 2.62. The molecule has 1 aromatic rings. The van der Waals surface area contributed by atoms with E-state index in [9.17, 15) is 28.5 Å². The molecule has 1 rings (SSSR count). The van der Waals surface area contributed by atoms with Crippen LogP contribution in [-0.4, -0.2) is 21.0 Å². The minimum Gasteiger partial charge on any atom is -0.481 e. The van der Waals surface area contributed by atoms with Crippen molar-refractivity contribution in [1.82, 2.24) is 4.98 Å². The number of carboxylic acids is 1. The molecule has 9 heteroatoms. The van der Waals surface area contributed by atoms with Gasteiger partial charge in [-0.25, -0.2) is 8.78 Å². The van der Waals surface area contributed by atoms with E-state index in [1.807, 2.05) is 4.98 Å². The Bertz CT molecular complexity index is 525. The van der Waals surface area contributed by atoms with Crippen molar-refractivity contribution in [2.24, 2.45) is 0 Å². The van der Waals surface area contributed by atoms with Gasteiger partial charge in [0.05, 0.1) is 17.5 Å². The molecule has 1 aromatic heterocycles. The number of rotatable bonds is 4. The number of H-pyrrole nitrogens is 1. The van der Waals surface area contributed by atoms with Gasteiger partial charge in [0.25, 0.3) is 17.7 Å². The van der Waals surface area contributed by atoms with Crippen molar-refractivity contribution in [3.05, 3.63) is 37.8 Å². The molecule has 0 aliphatic heterocycles. The molecule has 0 saturated carbocycles. The van der Waals surface area contributed by atoms with Crippen molar-refractivity contribution in [2.45, 2.75) is 12.8 Å². The molecule has 0 amide bonds. The Kier molecular flexibility index (Phi) is 3.51. The van der Waals surface area contributed by atoms with Gasteiger partial charge >= 0.3 is 5.97 Å². The topological polar surface area (TPSA) is 113 Å². The van der Waals surface area contributed by atoms with Gasteiger partial charge in [0.1, 0.15) is 5.56 Å². The molecular weight excluding hydrogens is 242 g/mol. The maximum atomic E-state index is 12.6. The van der Waals surface area contributed by atoms with Gasteiger partial charge in [-0.15, -0.1) is 0 Å². The summed E-state index contributed by atoms with van der Waals surface area (Å²) in [6.45, 7) is 0. The molecule has 7 nitrogen and oxygen atoms in total. The molecule has 17 heavy (non-hydrogen) atoms. The number of pyridine rings is 1. The Labute approximate surface area is 91.8 Å². The molecule has 0 atom stereocenters. The van der Waals surface area contributed by atoms with Crippen LogP contribution in [0.25, 0.3) is 0 Å². The summed E-state index contributed by atoms with van der Waals surface area (Å²) >= 11 is 0. The molecule has 0 fully saturated rings. The van der Waals surface area contributed by atoms with E-state index in [0.717, 1.165) is 0 Å². The number of nitrogens with one attached hydrogen (secondary N) is 1. The molecule has 0 unspecified atom stereocenters. The van der Waals surface area contributed by atoms with Gasteiger partial charge in [0.2, 0.25) is 0 Å². The van der Waals surface area contributed by atoms with Crippen LogP contribution in [-0.2, 0) is 11.2 Å². The average molecular weight is 248 g/mol. The number of carboxylic acid groups (broad SMARTS) is 1. The van der Waals surface area contributed by atoms with Crippen molar-refractivity contribution in [2.75, 3.05) is 0 Å². The maximum absolute atomic E-state index is 12.6. The Morgan fingerprint density at radius 3 is 2.59 bits per heavy atom. The standard InChI is InChI=1S/C8H6F2N2O5/c9-7(10)6-3(1-5(13)14)8(15)11-2-4(6)12(16)17/h2,7H,1H2,(H,11,15)(H,13,14). The van der Waals surface area contributed by atoms with E-state index >= 15 is 0 Å². The number of nitrogens with zero attached hydrogens (tertiary/aromatic N) is 1. The van der Waals surface area contributed by atoms with Gasteiger partial charge in [0.15, 0.2) is 0 Å². The largest absolute Gasteiger partial charge is 0.481 e. The highest BCUT2D eigenvalue weighted by Gasteiger charge is 2.28. The van der Waals surface area contributed by atoms with Crippen molar-refractivity contribution >= 4 is 11.7 Å². The normalized spacial score (nSPS) is 10.5. The van der Waals surface area contributed by atoms with E-state index in [0.29, 0.717) is 6.20 Å². The molecule has 0 aromatic carbocycles. The number of aromatic amines is 1. The zero-order valence-corrected chi connectivity index (χ0v) is 8.15. The van der Waals surface area contributed by atoms with Gasteiger partial charge in [-0.3, -0.25) is 19.7 Å². The Morgan fingerprint density at radius 1 is 1.59 bits per heavy atom. The molecule has 1 heterocycles. The highest BCUT2D eigenvalue weighted by atomic mass is 19.3. The summed E-state index contributed by atoms with van der Waals surface area (Å²) in [5, 5.41) is 18.9. The molecule has 0 aliphatic carbocycles. The minimum absolute atomic E-state index is 0.523. The number of aromatic nitrogens is 1. The summed E-state index contributed by atoms with van der Waals surface area (Å²) in [5.41, 5.74) is -4.04. The fourth-order valence-corrected chi connectivity index (χ4v) is 1.30. The molecular formula is C8H6F2N2O5. The maximum Gasteiger partial charge on any atom is 0.308 e. The molecule has 2 N–H and O–H groups in total. The van der Waals surface area contributed by atoms with Crippen LogP contribution in [0.3, 0.4) is 0 Å². The highest BCUT2D eigenvalue weighted by Crippen LogP contribution is 2.29. The number of alkyl halides is 2. The molecule has 0 bridgehead atoms.